The highest BCUT2D eigenvalue weighted by atomic mass is 15.1. The summed E-state index contributed by atoms with van der Waals surface area (Å²) in [6, 6.07) is 0. The van der Waals surface area contributed by atoms with Gasteiger partial charge in [0, 0.05) is 6.54 Å². The minimum atomic E-state index is 0.981. The Hall–Kier alpha value is -0.0800. The van der Waals surface area contributed by atoms with Crippen LogP contribution in [0.25, 0.3) is 0 Å². The zero-order valence-electron chi connectivity index (χ0n) is 10.9. The van der Waals surface area contributed by atoms with Crippen molar-refractivity contribution in [3.05, 3.63) is 0 Å². The van der Waals surface area contributed by atoms with E-state index in [0.717, 1.165) is 11.8 Å². The second-order valence-electron chi connectivity index (χ2n) is 5.75. The van der Waals surface area contributed by atoms with Gasteiger partial charge in [-0.05, 0) is 70.1 Å². The van der Waals surface area contributed by atoms with Crippen molar-refractivity contribution >= 4 is 0 Å². The van der Waals surface area contributed by atoms with E-state index in [1.165, 1.54) is 71.2 Å². The number of nitrogens with one attached hydrogen (secondary N) is 1. The van der Waals surface area contributed by atoms with Gasteiger partial charge >= 0.3 is 0 Å². The number of hydrogen-bond donors (Lipinski definition) is 1. The quantitative estimate of drug-likeness (QED) is 0.746. The molecule has 2 fully saturated rings. The zero-order chi connectivity index (χ0) is 11.2. The third kappa shape index (κ3) is 3.74. The second kappa shape index (κ2) is 6.61. The van der Waals surface area contributed by atoms with Gasteiger partial charge in [-0.25, -0.2) is 0 Å². The van der Waals surface area contributed by atoms with E-state index in [0.29, 0.717) is 0 Å². The lowest BCUT2D eigenvalue weighted by Crippen LogP contribution is -2.22. The van der Waals surface area contributed by atoms with Gasteiger partial charge in [-0.3, -0.25) is 0 Å². The van der Waals surface area contributed by atoms with Crippen molar-refractivity contribution in [1.29, 1.82) is 0 Å². The first kappa shape index (κ1) is 12.4. The molecule has 2 rings (SSSR count). The standard InChI is InChI=1S/C14H28N2/c1-2-4-14-7-10-16(12-14)9-3-5-13-6-8-15-11-13/h13-15H,2-12H2,1H3. The van der Waals surface area contributed by atoms with E-state index < -0.39 is 0 Å². The Balaban J connectivity index is 1.53. The normalized spacial score (nSPS) is 31.3. The Morgan fingerprint density at radius 1 is 1.19 bits per heavy atom. The van der Waals surface area contributed by atoms with Crippen molar-refractivity contribution in [2.45, 2.75) is 45.4 Å². The fraction of sp³-hybridized carbons (Fsp3) is 1.00. The van der Waals surface area contributed by atoms with E-state index in [4.69, 9.17) is 0 Å². The van der Waals surface area contributed by atoms with E-state index in [1.807, 2.05) is 0 Å². The maximum absolute atomic E-state index is 3.46. The van der Waals surface area contributed by atoms with Crippen molar-refractivity contribution in [3.63, 3.8) is 0 Å². The van der Waals surface area contributed by atoms with Crippen LogP contribution in [-0.2, 0) is 0 Å². The number of rotatable bonds is 6. The topological polar surface area (TPSA) is 15.3 Å². The Morgan fingerprint density at radius 2 is 2.12 bits per heavy atom. The van der Waals surface area contributed by atoms with E-state index in [9.17, 15) is 0 Å². The molecule has 0 spiro atoms. The van der Waals surface area contributed by atoms with Crippen LogP contribution >= 0.6 is 0 Å². The first-order chi connectivity index (χ1) is 7.88. The smallest absolute Gasteiger partial charge is 0.00101 e. The lowest BCUT2D eigenvalue weighted by Gasteiger charge is -2.17. The average Bonchev–Trinajstić information content (AvgIpc) is 2.90. The van der Waals surface area contributed by atoms with Gasteiger partial charge in [0.05, 0.1) is 0 Å². The number of likely N-dealkylation sites (tertiary alicyclic amines) is 1. The summed E-state index contributed by atoms with van der Waals surface area (Å²) in [7, 11) is 0. The molecular formula is C14H28N2. The van der Waals surface area contributed by atoms with Gasteiger partial charge in [0.15, 0.2) is 0 Å². The molecule has 0 aliphatic carbocycles. The summed E-state index contributed by atoms with van der Waals surface area (Å²) in [5, 5.41) is 3.46. The molecule has 2 nitrogen and oxygen atoms in total. The first-order valence-corrected chi connectivity index (χ1v) is 7.31. The maximum Gasteiger partial charge on any atom is 0.00101 e. The Morgan fingerprint density at radius 3 is 2.88 bits per heavy atom. The van der Waals surface area contributed by atoms with Gasteiger partial charge in [-0.15, -0.1) is 0 Å². The monoisotopic (exact) mass is 224 g/mol. The van der Waals surface area contributed by atoms with Crippen LogP contribution in [0.1, 0.15) is 45.4 Å². The largest absolute Gasteiger partial charge is 0.316 e. The molecule has 0 bridgehead atoms. The fourth-order valence-corrected chi connectivity index (χ4v) is 3.32. The van der Waals surface area contributed by atoms with Crippen LogP contribution in [-0.4, -0.2) is 37.6 Å². The molecule has 2 saturated heterocycles. The van der Waals surface area contributed by atoms with Crippen LogP contribution in [0.3, 0.4) is 0 Å². The minimum absolute atomic E-state index is 0.981. The molecular weight excluding hydrogens is 196 g/mol. The molecule has 0 aromatic heterocycles. The molecule has 2 aliphatic heterocycles. The summed E-state index contributed by atoms with van der Waals surface area (Å²) in [4.78, 5) is 2.70. The van der Waals surface area contributed by atoms with Gasteiger partial charge in [0.25, 0.3) is 0 Å². The van der Waals surface area contributed by atoms with Crippen LogP contribution in [0.2, 0.25) is 0 Å². The van der Waals surface area contributed by atoms with Crippen LogP contribution in [0.4, 0.5) is 0 Å². The zero-order valence-corrected chi connectivity index (χ0v) is 10.9. The maximum atomic E-state index is 3.46. The van der Waals surface area contributed by atoms with Crippen LogP contribution in [0.5, 0.6) is 0 Å². The van der Waals surface area contributed by atoms with Crippen LogP contribution < -0.4 is 5.32 Å². The molecule has 94 valence electrons. The lowest BCUT2D eigenvalue weighted by atomic mass is 10.0. The summed E-state index contributed by atoms with van der Waals surface area (Å²) in [5.74, 6) is 1.99. The van der Waals surface area contributed by atoms with E-state index in [2.05, 4.69) is 17.1 Å². The molecule has 0 amide bonds. The Bertz CT molecular complexity index is 187. The molecule has 0 aromatic rings. The Labute approximate surface area is 101 Å². The third-order valence-corrected chi connectivity index (χ3v) is 4.32. The van der Waals surface area contributed by atoms with Gasteiger partial charge in [0.2, 0.25) is 0 Å². The predicted molar refractivity (Wildman–Crippen MR) is 69.7 cm³/mol. The number of hydrogen-bond acceptors (Lipinski definition) is 2. The van der Waals surface area contributed by atoms with Gasteiger partial charge in [-0.2, -0.15) is 0 Å². The summed E-state index contributed by atoms with van der Waals surface area (Å²) in [5.41, 5.74) is 0. The molecule has 0 aromatic carbocycles. The molecule has 2 heteroatoms. The average molecular weight is 224 g/mol. The summed E-state index contributed by atoms with van der Waals surface area (Å²) < 4.78 is 0. The van der Waals surface area contributed by atoms with Crippen molar-refractivity contribution < 1.29 is 0 Å². The van der Waals surface area contributed by atoms with Crippen molar-refractivity contribution in [2.24, 2.45) is 11.8 Å². The second-order valence-corrected chi connectivity index (χ2v) is 5.75. The van der Waals surface area contributed by atoms with E-state index in [1.54, 1.807) is 0 Å². The third-order valence-electron chi connectivity index (χ3n) is 4.32. The summed E-state index contributed by atoms with van der Waals surface area (Å²) in [6.45, 7) is 8.96. The highest BCUT2D eigenvalue weighted by molar-refractivity contribution is 4.76. The number of nitrogens with zero attached hydrogens (tertiary/aromatic N) is 1. The molecule has 2 heterocycles. The van der Waals surface area contributed by atoms with Crippen molar-refractivity contribution in [3.8, 4) is 0 Å². The SMILES string of the molecule is CCCC1CCN(CCCC2CCNC2)C1. The lowest BCUT2D eigenvalue weighted by molar-refractivity contribution is 0.303. The molecule has 0 radical (unpaired) electrons. The molecule has 2 unspecified atom stereocenters. The highest BCUT2D eigenvalue weighted by Crippen LogP contribution is 2.22. The predicted octanol–water partition coefficient (Wildman–Crippen LogP) is 2.50. The van der Waals surface area contributed by atoms with E-state index in [-0.39, 0.29) is 0 Å². The first-order valence-electron chi connectivity index (χ1n) is 7.31. The summed E-state index contributed by atoms with van der Waals surface area (Å²) in [6.07, 6.45) is 8.56. The van der Waals surface area contributed by atoms with Crippen molar-refractivity contribution in [2.75, 3.05) is 32.7 Å². The molecule has 16 heavy (non-hydrogen) atoms. The van der Waals surface area contributed by atoms with Crippen molar-refractivity contribution in [1.82, 2.24) is 10.2 Å². The van der Waals surface area contributed by atoms with Crippen LogP contribution in [0.15, 0.2) is 0 Å². The molecule has 2 atom stereocenters. The van der Waals surface area contributed by atoms with Gasteiger partial charge < -0.3 is 10.2 Å². The minimum Gasteiger partial charge on any atom is -0.316 e. The van der Waals surface area contributed by atoms with Gasteiger partial charge in [-0.1, -0.05) is 13.3 Å². The van der Waals surface area contributed by atoms with Gasteiger partial charge in [0.1, 0.15) is 0 Å². The Kier molecular flexibility index (Phi) is 5.11. The van der Waals surface area contributed by atoms with Crippen LogP contribution in [0, 0.1) is 11.8 Å². The fourth-order valence-electron chi connectivity index (χ4n) is 3.32. The summed E-state index contributed by atoms with van der Waals surface area (Å²) >= 11 is 0. The molecule has 1 N–H and O–H groups in total. The van der Waals surface area contributed by atoms with E-state index >= 15 is 0 Å². The molecule has 2 aliphatic rings. The highest BCUT2D eigenvalue weighted by Gasteiger charge is 2.21. The molecule has 0 saturated carbocycles.